The lowest BCUT2D eigenvalue weighted by Gasteiger charge is -2.30. The fourth-order valence-electron chi connectivity index (χ4n) is 4.53. The standard InChI is InChI=1S/C27H48N10O10/c1-3-22(40)31-18(10-6-14-36(46)17(2)39)23(41)34-21(8-4-12-30-27(28)29)26(44)37(47)15-7-11-20-25(43)32-19(24(42)33-20)9-5-13-35(45)16-38/h16,18-21,45-47H,3-15H2,1-2H3,(H,31,40)(H,32,43)(H,33,42)(H,34,41)(H4,28,29,30)/t18-,19-,20-,21+/m0/s1. The number of nitrogens with zero attached hydrogens (tertiary/aromatic N) is 4. The van der Waals surface area contributed by atoms with Gasteiger partial charge < -0.3 is 32.7 Å². The number of carbonyl (C=O) groups excluding carboxylic acids is 7. The fraction of sp³-hybridized carbons (Fsp3) is 0.704. The Morgan fingerprint density at radius 1 is 0.872 bits per heavy atom. The molecule has 0 spiro atoms. The van der Waals surface area contributed by atoms with Crippen LogP contribution in [0.15, 0.2) is 4.99 Å². The van der Waals surface area contributed by atoms with Crippen molar-refractivity contribution < 1.29 is 49.2 Å². The molecule has 11 N–H and O–H groups in total. The Morgan fingerprint density at radius 2 is 1.43 bits per heavy atom. The summed E-state index contributed by atoms with van der Waals surface area (Å²) in [6.45, 7) is 2.49. The van der Waals surface area contributed by atoms with Crippen LogP contribution in [0.25, 0.3) is 0 Å². The van der Waals surface area contributed by atoms with Crippen molar-refractivity contribution in [1.29, 1.82) is 0 Å². The normalized spacial score (nSPS) is 16.9. The number of carbonyl (C=O) groups is 7. The van der Waals surface area contributed by atoms with Gasteiger partial charge in [-0.15, -0.1) is 0 Å². The first-order valence-electron chi connectivity index (χ1n) is 15.3. The van der Waals surface area contributed by atoms with Crippen LogP contribution < -0.4 is 32.7 Å². The zero-order valence-corrected chi connectivity index (χ0v) is 26.7. The van der Waals surface area contributed by atoms with E-state index >= 15 is 0 Å². The van der Waals surface area contributed by atoms with Gasteiger partial charge in [-0.05, 0) is 51.4 Å². The Balaban J connectivity index is 2.83. The minimum Gasteiger partial charge on any atom is -0.370 e. The van der Waals surface area contributed by atoms with E-state index in [1.54, 1.807) is 6.92 Å². The predicted octanol–water partition coefficient (Wildman–Crippen LogP) is -2.95. The number of nitrogens with one attached hydrogen (secondary N) is 4. The second kappa shape index (κ2) is 21.3. The number of rotatable bonds is 22. The van der Waals surface area contributed by atoms with Crippen LogP contribution in [0.3, 0.4) is 0 Å². The van der Waals surface area contributed by atoms with Gasteiger partial charge in [0.1, 0.15) is 24.2 Å². The molecule has 1 rings (SSSR count). The largest absolute Gasteiger partial charge is 0.370 e. The number of hydroxylamine groups is 6. The molecule has 266 valence electrons. The number of hydrogen-bond acceptors (Lipinski definition) is 11. The maximum Gasteiger partial charge on any atom is 0.268 e. The summed E-state index contributed by atoms with van der Waals surface area (Å²) < 4.78 is 0. The Morgan fingerprint density at radius 3 is 1.96 bits per heavy atom. The summed E-state index contributed by atoms with van der Waals surface area (Å²) in [6.07, 6.45) is 1.29. The molecule has 7 amide bonds. The van der Waals surface area contributed by atoms with Crippen molar-refractivity contribution in [2.24, 2.45) is 16.5 Å². The summed E-state index contributed by atoms with van der Waals surface area (Å²) in [4.78, 5) is 89.1. The van der Waals surface area contributed by atoms with Crippen LogP contribution in [0.2, 0.25) is 0 Å². The summed E-state index contributed by atoms with van der Waals surface area (Å²) in [7, 11) is 0. The van der Waals surface area contributed by atoms with E-state index in [-0.39, 0.29) is 96.3 Å². The molecule has 1 saturated heterocycles. The molecule has 47 heavy (non-hydrogen) atoms. The van der Waals surface area contributed by atoms with Gasteiger partial charge >= 0.3 is 0 Å². The lowest BCUT2D eigenvalue weighted by Crippen LogP contribution is -2.61. The second-order valence-electron chi connectivity index (χ2n) is 10.9. The van der Waals surface area contributed by atoms with E-state index in [0.717, 1.165) is 6.92 Å². The predicted molar refractivity (Wildman–Crippen MR) is 163 cm³/mol. The van der Waals surface area contributed by atoms with Crippen LogP contribution in [0, 0.1) is 0 Å². The van der Waals surface area contributed by atoms with Gasteiger partial charge in [-0.2, -0.15) is 0 Å². The number of piperazine rings is 1. The van der Waals surface area contributed by atoms with E-state index in [4.69, 9.17) is 16.7 Å². The molecule has 1 aliphatic rings. The topological polar surface area (TPSA) is 302 Å². The van der Waals surface area contributed by atoms with Crippen LogP contribution in [-0.2, 0) is 33.6 Å². The van der Waals surface area contributed by atoms with Gasteiger partial charge in [0.2, 0.25) is 35.9 Å². The van der Waals surface area contributed by atoms with Crippen molar-refractivity contribution in [3.63, 3.8) is 0 Å². The van der Waals surface area contributed by atoms with Gasteiger partial charge in [0, 0.05) is 39.5 Å². The molecule has 0 saturated carbocycles. The minimum atomic E-state index is -1.26. The van der Waals surface area contributed by atoms with Crippen molar-refractivity contribution in [3.05, 3.63) is 0 Å². The van der Waals surface area contributed by atoms with Crippen molar-refractivity contribution >= 4 is 47.8 Å². The van der Waals surface area contributed by atoms with E-state index in [1.165, 1.54) is 0 Å². The van der Waals surface area contributed by atoms with Gasteiger partial charge in [-0.3, -0.25) is 54.2 Å². The van der Waals surface area contributed by atoms with Gasteiger partial charge in [0.25, 0.3) is 5.91 Å². The van der Waals surface area contributed by atoms with Crippen LogP contribution in [0.1, 0.15) is 71.6 Å². The zero-order valence-electron chi connectivity index (χ0n) is 26.7. The quantitative estimate of drug-likeness (QED) is 0.0139. The van der Waals surface area contributed by atoms with Crippen LogP contribution in [0.4, 0.5) is 0 Å². The number of hydrogen-bond donors (Lipinski definition) is 9. The summed E-state index contributed by atoms with van der Waals surface area (Å²) in [5.74, 6) is -3.77. The molecule has 0 unspecified atom stereocenters. The third-order valence-corrected chi connectivity index (χ3v) is 7.14. The number of aliphatic imine (C=N–C) groups is 1. The Labute approximate surface area is 272 Å². The highest BCUT2D eigenvalue weighted by atomic mass is 16.5. The van der Waals surface area contributed by atoms with Crippen LogP contribution in [0.5, 0.6) is 0 Å². The van der Waals surface area contributed by atoms with Gasteiger partial charge in [-0.25, -0.2) is 15.2 Å². The van der Waals surface area contributed by atoms with Crippen molar-refractivity contribution in [2.75, 3.05) is 26.2 Å². The highest BCUT2D eigenvalue weighted by molar-refractivity contribution is 5.97. The van der Waals surface area contributed by atoms with Gasteiger partial charge in [-0.1, -0.05) is 6.92 Å². The Kier molecular flexibility index (Phi) is 18.3. The molecule has 0 bridgehead atoms. The minimum absolute atomic E-state index is 0.00494. The van der Waals surface area contributed by atoms with Crippen LogP contribution >= 0.6 is 0 Å². The molecule has 0 aromatic heterocycles. The molecule has 1 heterocycles. The lowest BCUT2D eigenvalue weighted by molar-refractivity contribution is -0.169. The van der Waals surface area contributed by atoms with E-state index in [9.17, 15) is 44.0 Å². The zero-order chi connectivity index (χ0) is 35.5. The highest BCUT2D eigenvalue weighted by Crippen LogP contribution is 2.11. The molecule has 0 radical (unpaired) electrons. The maximum atomic E-state index is 13.2. The molecule has 1 aliphatic heterocycles. The number of nitrogens with two attached hydrogens (primary N) is 2. The number of guanidine groups is 1. The summed E-state index contributed by atoms with van der Waals surface area (Å²) >= 11 is 0. The molecule has 0 aliphatic carbocycles. The summed E-state index contributed by atoms with van der Waals surface area (Å²) in [5.41, 5.74) is 10.7. The molecular weight excluding hydrogens is 624 g/mol. The SMILES string of the molecule is CCC(=O)N[C@@H](CCCN(O)C(C)=O)C(=O)N[C@H](CCCN=C(N)N)C(=O)N(O)CCC[C@@H]1NC(=O)[C@H](CCCN(O)C=O)NC1=O. The van der Waals surface area contributed by atoms with Crippen molar-refractivity contribution in [2.45, 2.75) is 95.8 Å². The molecular formula is C27H48N10O10. The third kappa shape index (κ3) is 15.5. The number of amides is 7. The average molecular weight is 673 g/mol. The average Bonchev–Trinajstić information content (AvgIpc) is 3.02. The van der Waals surface area contributed by atoms with E-state index in [2.05, 4.69) is 26.3 Å². The van der Waals surface area contributed by atoms with Crippen molar-refractivity contribution in [1.82, 2.24) is 36.5 Å². The molecule has 0 aromatic carbocycles. The first-order chi connectivity index (χ1) is 22.2. The molecule has 20 nitrogen and oxygen atoms in total. The van der Waals surface area contributed by atoms with E-state index in [1.807, 2.05) is 0 Å². The van der Waals surface area contributed by atoms with Gasteiger partial charge in [0.05, 0.1) is 0 Å². The molecule has 4 atom stereocenters. The van der Waals surface area contributed by atoms with Crippen LogP contribution in [-0.4, -0.2) is 129 Å². The third-order valence-electron chi connectivity index (χ3n) is 7.14. The second-order valence-corrected chi connectivity index (χ2v) is 10.9. The fourth-order valence-corrected chi connectivity index (χ4v) is 4.53. The molecule has 1 fully saturated rings. The van der Waals surface area contributed by atoms with E-state index in [0.29, 0.717) is 15.2 Å². The lowest BCUT2D eigenvalue weighted by atomic mass is 10.0. The maximum absolute atomic E-state index is 13.2. The monoisotopic (exact) mass is 672 g/mol. The first-order valence-corrected chi connectivity index (χ1v) is 15.3. The first kappa shape index (κ1) is 40.5. The summed E-state index contributed by atoms with van der Waals surface area (Å²) in [5, 5.41) is 40.9. The van der Waals surface area contributed by atoms with Gasteiger partial charge in [0.15, 0.2) is 5.96 Å². The Bertz CT molecular complexity index is 1120. The van der Waals surface area contributed by atoms with Crippen molar-refractivity contribution in [3.8, 4) is 0 Å². The smallest absolute Gasteiger partial charge is 0.268 e. The molecule has 0 aromatic rings. The summed E-state index contributed by atoms with van der Waals surface area (Å²) in [6, 6.07) is -4.15. The highest BCUT2D eigenvalue weighted by Gasteiger charge is 2.34. The Hall–Kier alpha value is -4.56. The molecule has 20 heteroatoms. The van der Waals surface area contributed by atoms with E-state index < -0.39 is 59.6 Å².